The van der Waals surface area contributed by atoms with E-state index in [2.05, 4.69) is 0 Å². The zero-order valence-electron chi connectivity index (χ0n) is 8.63. The summed E-state index contributed by atoms with van der Waals surface area (Å²) in [6.45, 7) is 5.90. The second kappa shape index (κ2) is 4.51. The average molecular weight is 210 g/mol. The topological polar surface area (TPSA) is 37.3 Å². The van der Waals surface area contributed by atoms with Gasteiger partial charge in [0.2, 0.25) is 0 Å². The second-order valence-corrected chi connectivity index (χ2v) is 4.47. The van der Waals surface area contributed by atoms with Gasteiger partial charge < -0.3 is 5.11 Å². The zero-order valence-corrected chi connectivity index (χ0v) is 9.44. The van der Waals surface area contributed by atoms with Gasteiger partial charge in [0.15, 0.2) is 0 Å². The molecule has 0 aromatic heterocycles. The summed E-state index contributed by atoms with van der Waals surface area (Å²) in [4.78, 5) is 11.9. The lowest BCUT2D eigenvalue weighted by molar-refractivity contribution is 0.0693. The standard InChI is InChI=1S/C11H14O2S/c1-4-14-10-8(3)5-7(2)6-9(10)11(12)13/h5-6H,4H2,1-3H3,(H,12,13). The van der Waals surface area contributed by atoms with E-state index >= 15 is 0 Å². The van der Waals surface area contributed by atoms with Crippen molar-refractivity contribution >= 4 is 17.7 Å². The maximum absolute atomic E-state index is 11.0. The molecular formula is C11H14O2S. The third-order valence-electron chi connectivity index (χ3n) is 1.94. The maximum atomic E-state index is 11.0. The molecular weight excluding hydrogens is 196 g/mol. The van der Waals surface area contributed by atoms with Crippen LogP contribution in [0.15, 0.2) is 17.0 Å². The molecule has 1 aromatic rings. The van der Waals surface area contributed by atoms with Crippen LogP contribution in [-0.2, 0) is 0 Å². The molecule has 0 amide bonds. The molecule has 0 fully saturated rings. The van der Waals surface area contributed by atoms with E-state index in [1.54, 1.807) is 17.8 Å². The molecule has 0 saturated carbocycles. The Hall–Kier alpha value is -0.960. The van der Waals surface area contributed by atoms with Crippen LogP contribution in [0.25, 0.3) is 0 Å². The molecule has 0 bridgehead atoms. The first-order chi connectivity index (χ1) is 6.56. The molecule has 14 heavy (non-hydrogen) atoms. The number of hydrogen-bond donors (Lipinski definition) is 1. The highest BCUT2D eigenvalue weighted by molar-refractivity contribution is 7.99. The van der Waals surface area contributed by atoms with Crippen LogP contribution in [0.1, 0.15) is 28.4 Å². The first kappa shape index (κ1) is 11.1. The highest BCUT2D eigenvalue weighted by Gasteiger charge is 2.12. The quantitative estimate of drug-likeness (QED) is 0.779. The minimum atomic E-state index is -0.840. The Bertz CT molecular complexity index is 359. The van der Waals surface area contributed by atoms with Crippen molar-refractivity contribution in [3.63, 3.8) is 0 Å². The predicted octanol–water partition coefficient (Wildman–Crippen LogP) is 3.11. The van der Waals surface area contributed by atoms with Gasteiger partial charge in [-0.25, -0.2) is 4.79 Å². The number of aryl methyl sites for hydroxylation is 2. The first-order valence-electron chi connectivity index (χ1n) is 4.53. The summed E-state index contributed by atoms with van der Waals surface area (Å²) in [5, 5.41) is 9.03. The number of thioether (sulfide) groups is 1. The summed E-state index contributed by atoms with van der Waals surface area (Å²) in [5.41, 5.74) is 2.48. The van der Waals surface area contributed by atoms with Gasteiger partial charge in [-0.1, -0.05) is 13.0 Å². The summed E-state index contributed by atoms with van der Waals surface area (Å²) in [5.74, 6) is 0.0530. The van der Waals surface area contributed by atoms with Crippen LogP contribution >= 0.6 is 11.8 Å². The number of hydrogen-bond acceptors (Lipinski definition) is 2. The Morgan fingerprint density at radius 3 is 2.57 bits per heavy atom. The molecule has 76 valence electrons. The highest BCUT2D eigenvalue weighted by Crippen LogP contribution is 2.27. The van der Waals surface area contributed by atoms with Crippen molar-refractivity contribution in [3.8, 4) is 0 Å². The van der Waals surface area contributed by atoms with Crippen LogP contribution in [0.3, 0.4) is 0 Å². The Balaban J connectivity index is 3.28. The summed E-state index contributed by atoms with van der Waals surface area (Å²) >= 11 is 1.58. The lowest BCUT2D eigenvalue weighted by Gasteiger charge is -2.09. The molecule has 2 nitrogen and oxygen atoms in total. The molecule has 0 aliphatic carbocycles. The van der Waals surface area contributed by atoms with Gasteiger partial charge in [-0.2, -0.15) is 0 Å². The predicted molar refractivity (Wildman–Crippen MR) is 59.3 cm³/mol. The fraction of sp³-hybridized carbons (Fsp3) is 0.364. The normalized spacial score (nSPS) is 10.2. The van der Waals surface area contributed by atoms with Gasteiger partial charge in [-0.05, 0) is 36.8 Å². The third-order valence-corrected chi connectivity index (χ3v) is 3.06. The molecule has 0 aliphatic heterocycles. The summed E-state index contributed by atoms with van der Waals surface area (Å²) < 4.78 is 0. The monoisotopic (exact) mass is 210 g/mol. The van der Waals surface area contributed by atoms with Gasteiger partial charge in [0.05, 0.1) is 5.56 Å². The number of carboxylic acids is 1. The minimum absolute atomic E-state index is 0.425. The summed E-state index contributed by atoms with van der Waals surface area (Å²) in [7, 11) is 0. The molecule has 1 N–H and O–H groups in total. The van der Waals surface area contributed by atoms with E-state index in [0.717, 1.165) is 21.8 Å². The van der Waals surface area contributed by atoms with Crippen molar-refractivity contribution in [3.05, 3.63) is 28.8 Å². The number of benzene rings is 1. The van der Waals surface area contributed by atoms with Crippen molar-refractivity contribution in [1.82, 2.24) is 0 Å². The SMILES string of the molecule is CCSc1c(C)cc(C)cc1C(=O)O. The van der Waals surface area contributed by atoms with Crippen LogP contribution in [0.2, 0.25) is 0 Å². The molecule has 1 aromatic carbocycles. The molecule has 0 atom stereocenters. The van der Waals surface area contributed by atoms with Crippen LogP contribution in [-0.4, -0.2) is 16.8 Å². The van der Waals surface area contributed by atoms with E-state index in [4.69, 9.17) is 5.11 Å². The van der Waals surface area contributed by atoms with E-state index in [1.807, 2.05) is 26.8 Å². The minimum Gasteiger partial charge on any atom is -0.478 e. The molecule has 1 rings (SSSR count). The largest absolute Gasteiger partial charge is 0.478 e. The van der Waals surface area contributed by atoms with Gasteiger partial charge in [0.1, 0.15) is 0 Å². The fourth-order valence-electron chi connectivity index (χ4n) is 1.45. The van der Waals surface area contributed by atoms with Crippen molar-refractivity contribution in [2.45, 2.75) is 25.7 Å². The maximum Gasteiger partial charge on any atom is 0.336 e. The molecule has 3 heteroatoms. The molecule has 0 radical (unpaired) electrons. The summed E-state index contributed by atoms with van der Waals surface area (Å²) in [6, 6.07) is 3.75. The lowest BCUT2D eigenvalue weighted by Crippen LogP contribution is -2.01. The van der Waals surface area contributed by atoms with Gasteiger partial charge >= 0.3 is 5.97 Å². The number of aromatic carboxylic acids is 1. The highest BCUT2D eigenvalue weighted by atomic mass is 32.2. The molecule has 0 unspecified atom stereocenters. The molecule has 0 aliphatic rings. The van der Waals surface area contributed by atoms with Crippen molar-refractivity contribution < 1.29 is 9.90 Å². The van der Waals surface area contributed by atoms with E-state index in [0.29, 0.717) is 5.56 Å². The third kappa shape index (κ3) is 2.29. The van der Waals surface area contributed by atoms with Crippen LogP contribution < -0.4 is 0 Å². The van der Waals surface area contributed by atoms with Crippen molar-refractivity contribution in [2.24, 2.45) is 0 Å². The van der Waals surface area contributed by atoms with E-state index in [9.17, 15) is 4.79 Å². The van der Waals surface area contributed by atoms with E-state index < -0.39 is 5.97 Å². The van der Waals surface area contributed by atoms with Crippen LogP contribution in [0.4, 0.5) is 0 Å². The average Bonchev–Trinajstić information content (AvgIpc) is 2.09. The van der Waals surface area contributed by atoms with E-state index in [1.165, 1.54) is 0 Å². The lowest BCUT2D eigenvalue weighted by atomic mass is 10.1. The number of carboxylic acid groups (broad SMARTS) is 1. The molecule has 0 spiro atoms. The number of carbonyl (C=O) groups is 1. The number of rotatable bonds is 3. The van der Waals surface area contributed by atoms with Gasteiger partial charge in [0, 0.05) is 4.90 Å². The Kier molecular flexibility index (Phi) is 3.58. The van der Waals surface area contributed by atoms with Gasteiger partial charge in [-0.3, -0.25) is 0 Å². The molecule has 0 heterocycles. The second-order valence-electron chi connectivity index (χ2n) is 3.20. The molecule has 0 saturated heterocycles. The zero-order chi connectivity index (χ0) is 10.7. The summed E-state index contributed by atoms with van der Waals surface area (Å²) in [6.07, 6.45) is 0. The fourth-order valence-corrected chi connectivity index (χ4v) is 2.33. The first-order valence-corrected chi connectivity index (χ1v) is 5.52. The Morgan fingerprint density at radius 2 is 2.07 bits per heavy atom. The Labute approximate surface area is 88.3 Å². The van der Waals surface area contributed by atoms with E-state index in [-0.39, 0.29) is 0 Å². The van der Waals surface area contributed by atoms with Crippen LogP contribution in [0.5, 0.6) is 0 Å². The Morgan fingerprint density at radius 1 is 1.43 bits per heavy atom. The van der Waals surface area contributed by atoms with Crippen molar-refractivity contribution in [2.75, 3.05) is 5.75 Å². The van der Waals surface area contributed by atoms with Crippen molar-refractivity contribution in [1.29, 1.82) is 0 Å². The van der Waals surface area contributed by atoms with Crippen LogP contribution in [0, 0.1) is 13.8 Å². The van der Waals surface area contributed by atoms with Gasteiger partial charge in [-0.15, -0.1) is 11.8 Å². The smallest absolute Gasteiger partial charge is 0.336 e. The van der Waals surface area contributed by atoms with Gasteiger partial charge in [0.25, 0.3) is 0 Å².